The van der Waals surface area contributed by atoms with E-state index < -0.39 is 27.7 Å². The molecule has 192 valence electrons. The summed E-state index contributed by atoms with van der Waals surface area (Å²) in [4.78, 5) is 17.3. The number of aromatic nitrogens is 2. The van der Waals surface area contributed by atoms with E-state index in [-0.39, 0.29) is 6.54 Å². The molecule has 36 heavy (non-hydrogen) atoms. The molecule has 2 heterocycles. The van der Waals surface area contributed by atoms with Gasteiger partial charge in [0.15, 0.2) is 6.10 Å². The van der Waals surface area contributed by atoms with Gasteiger partial charge in [-0.3, -0.25) is 4.31 Å². The van der Waals surface area contributed by atoms with Gasteiger partial charge in [0.2, 0.25) is 10.0 Å². The van der Waals surface area contributed by atoms with Crippen LogP contribution in [0.3, 0.4) is 0 Å². The van der Waals surface area contributed by atoms with Crippen LogP contribution in [0.15, 0.2) is 30.6 Å². The smallest absolute Gasteiger partial charge is 0.337 e. The lowest BCUT2D eigenvalue weighted by Crippen LogP contribution is -2.35. The van der Waals surface area contributed by atoms with Crippen molar-refractivity contribution in [3.63, 3.8) is 0 Å². The summed E-state index contributed by atoms with van der Waals surface area (Å²) in [5.74, 6) is -1.14. The Morgan fingerprint density at radius 3 is 2.22 bits per heavy atom. The highest BCUT2D eigenvalue weighted by Crippen LogP contribution is 2.51. The number of sulfonamides is 1. The summed E-state index contributed by atoms with van der Waals surface area (Å²) in [5.41, 5.74) is 6.25. The Bertz CT molecular complexity index is 1460. The number of carboxylic acid groups (broad SMARTS) is 1. The van der Waals surface area contributed by atoms with Gasteiger partial charge in [-0.1, -0.05) is 29.8 Å². The molecule has 0 unspecified atom stereocenters. The molecule has 0 saturated carbocycles. The van der Waals surface area contributed by atoms with Crippen molar-refractivity contribution in [2.75, 3.05) is 10.6 Å². The first kappa shape index (κ1) is 25.9. The SMILES string of the molecule is Cc1ccc(-c2c(C)c3c(c(C)c2[C@H](OC(C)(C)C)C(=O)O)N(S(C)(=O)=O)Cc2c-3ncn2C)cc1. The van der Waals surface area contributed by atoms with Crippen LogP contribution in [0.5, 0.6) is 0 Å². The lowest BCUT2D eigenvalue weighted by molar-refractivity contribution is -0.160. The van der Waals surface area contributed by atoms with Crippen LogP contribution in [0.4, 0.5) is 5.69 Å². The zero-order chi connectivity index (χ0) is 26.7. The molecule has 0 radical (unpaired) electrons. The number of carbonyl (C=O) groups is 1. The third-order valence-corrected chi connectivity index (χ3v) is 7.66. The van der Waals surface area contributed by atoms with Crippen molar-refractivity contribution in [3.8, 4) is 22.4 Å². The van der Waals surface area contributed by atoms with E-state index in [1.54, 1.807) is 34.0 Å². The Morgan fingerprint density at radius 1 is 1.08 bits per heavy atom. The first-order valence-electron chi connectivity index (χ1n) is 11.7. The molecule has 1 aliphatic rings. The van der Waals surface area contributed by atoms with Crippen LogP contribution in [0.2, 0.25) is 0 Å². The van der Waals surface area contributed by atoms with E-state index in [1.807, 2.05) is 49.7 Å². The van der Waals surface area contributed by atoms with Crippen LogP contribution in [0, 0.1) is 20.8 Å². The number of carboxylic acids is 1. The van der Waals surface area contributed by atoms with Crippen LogP contribution in [-0.2, 0) is 33.1 Å². The minimum Gasteiger partial charge on any atom is -0.479 e. The molecule has 4 rings (SSSR count). The number of ether oxygens (including phenoxy) is 1. The summed E-state index contributed by atoms with van der Waals surface area (Å²) in [5, 5.41) is 10.3. The number of fused-ring (bicyclic) bond motifs is 3. The molecule has 8 nitrogen and oxygen atoms in total. The fourth-order valence-corrected chi connectivity index (χ4v) is 5.88. The van der Waals surface area contributed by atoms with Crippen molar-refractivity contribution in [2.24, 2.45) is 7.05 Å². The van der Waals surface area contributed by atoms with Gasteiger partial charge in [-0.25, -0.2) is 18.2 Å². The molecular formula is C27H33N3O5S. The molecule has 3 aromatic rings. The van der Waals surface area contributed by atoms with Gasteiger partial charge in [0, 0.05) is 18.2 Å². The average Bonchev–Trinajstić information content (AvgIpc) is 3.13. The molecule has 1 atom stereocenters. The molecule has 2 aromatic carbocycles. The van der Waals surface area contributed by atoms with Crippen molar-refractivity contribution < 1.29 is 23.1 Å². The van der Waals surface area contributed by atoms with Gasteiger partial charge in [0.25, 0.3) is 0 Å². The monoisotopic (exact) mass is 511 g/mol. The zero-order valence-electron chi connectivity index (χ0n) is 22.0. The van der Waals surface area contributed by atoms with Crippen molar-refractivity contribution in [2.45, 2.75) is 59.8 Å². The quantitative estimate of drug-likeness (QED) is 0.523. The second kappa shape index (κ2) is 8.74. The average molecular weight is 512 g/mol. The van der Waals surface area contributed by atoms with Crippen molar-refractivity contribution in [3.05, 3.63) is 58.5 Å². The first-order chi connectivity index (χ1) is 16.6. The van der Waals surface area contributed by atoms with Crippen LogP contribution in [-0.4, -0.2) is 40.9 Å². The highest BCUT2D eigenvalue weighted by Gasteiger charge is 2.39. The van der Waals surface area contributed by atoms with Crippen LogP contribution in [0.25, 0.3) is 22.4 Å². The van der Waals surface area contributed by atoms with E-state index in [0.717, 1.165) is 27.9 Å². The number of aryl methyl sites for hydroxylation is 2. The Labute approximate surface area is 212 Å². The third kappa shape index (κ3) is 4.41. The molecule has 9 heteroatoms. The summed E-state index contributed by atoms with van der Waals surface area (Å²) in [6.45, 7) is 11.2. The topological polar surface area (TPSA) is 102 Å². The van der Waals surface area contributed by atoms with Crippen LogP contribution < -0.4 is 4.31 Å². The second-order valence-electron chi connectivity index (χ2n) is 10.5. The Morgan fingerprint density at radius 2 is 1.69 bits per heavy atom. The van der Waals surface area contributed by atoms with Crippen molar-refractivity contribution in [1.29, 1.82) is 0 Å². The van der Waals surface area contributed by atoms with E-state index >= 15 is 0 Å². The second-order valence-corrected chi connectivity index (χ2v) is 12.4. The summed E-state index contributed by atoms with van der Waals surface area (Å²) in [6.07, 6.45) is 1.54. The molecule has 1 aromatic heterocycles. The molecule has 0 bridgehead atoms. The first-order valence-corrected chi connectivity index (χ1v) is 13.6. The van der Waals surface area contributed by atoms with Gasteiger partial charge < -0.3 is 14.4 Å². The number of benzene rings is 2. The van der Waals surface area contributed by atoms with Gasteiger partial charge in [-0.05, 0) is 63.8 Å². The number of nitrogens with zero attached hydrogens (tertiary/aromatic N) is 3. The van der Waals surface area contributed by atoms with E-state index in [9.17, 15) is 18.3 Å². The maximum Gasteiger partial charge on any atom is 0.337 e. The van der Waals surface area contributed by atoms with E-state index in [1.165, 1.54) is 10.6 Å². The lowest BCUT2D eigenvalue weighted by atomic mass is 9.82. The fraction of sp³-hybridized carbons (Fsp3) is 0.407. The Kier molecular flexibility index (Phi) is 6.29. The molecule has 0 fully saturated rings. The standard InChI is InChI=1S/C27H33N3O5S/c1-15-9-11-18(12-10-15)20-16(2)22-23-19(29(7)14-28-23)13-30(36(8,33)34)24(22)17(3)21(20)25(26(31)32)35-27(4,5)6/h9-12,14,25H,13H2,1-8H3,(H,31,32)/t25-/m0/s1. The Balaban J connectivity index is 2.20. The summed E-state index contributed by atoms with van der Waals surface area (Å²) in [7, 11) is -1.85. The van der Waals surface area contributed by atoms with Crippen LogP contribution >= 0.6 is 0 Å². The van der Waals surface area contributed by atoms with E-state index in [0.29, 0.717) is 28.1 Å². The normalized spacial score (nSPS) is 14.4. The van der Waals surface area contributed by atoms with Gasteiger partial charge in [-0.2, -0.15) is 0 Å². The van der Waals surface area contributed by atoms with Crippen LogP contribution in [0.1, 0.15) is 54.8 Å². The number of imidazole rings is 1. The predicted molar refractivity (Wildman–Crippen MR) is 141 cm³/mol. The maximum atomic E-state index is 13.0. The number of hydrogen-bond acceptors (Lipinski definition) is 5. The highest BCUT2D eigenvalue weighted by molar-refractivity contribution is 7.92. The number of rotatable bonds is 5. The minimum absolute atomic E-state index is 0.110. The summed E-state index contributed by atoms with van der Waals surface area (Å²) < 4.78 is 35.4. The summed E-state index contributed by atoms with van der Waals surface area (Å²) in [6, 6.07) is 7.87. The minimum atomic E-state index is -3.69. The van der Waals surface area contributed by atoms with E-state index in [2.05, 4.69) is 4.98 Å². The van der Waals surface area contributed by atoms with Gasteiger partial charge in [0.05, 0.1) is 41.8 Å². The molecule has 0 amide bonds. The predicted octanol–water partition coefficient (Wildman–Crippen LogP) is 4.90. The number of hydrogen-bond donors (Lipinski definition) is 1. The van der Waals surface area contributed by atoms with Crippen molar-refractivity contribution in [1.82, 2.24) is 9.55 Å². The molecule has 1 N–H and O–H groups in total. The molecule has 1 aliphatic heterocycles. The highest BCUT2D eigenvalue weighted by atomic mass is 32.2. The lowest BCUT2D eigenvalue weighted by Gasteiger charge is -2.36. The van der Waals surface area contributed by atoms with Gasteiger partial charge >= 0.3 is 5.97 Å². The van der Waals surface area contributed by atoms with E-state index in [4.69, 9.17) is 4.74 Å². The molecule has 0 aliphatic carbocycles. The molecular weight excluding hydrogens is 478 g/mol. The fourth-order valence-electron chi connectivity index (χ4n) is 4.96. The number of aliphatic carboxylic acids is 1. The van der Waals surface area contributed by atoms with Gasteiger partial charge in [-0.15, -0.1) is 0 Å². The zero-order valence-corrected chi connectivity index (χ0v) is 22.8. The summed E-state index contributed by atoms with van der Waals surface area (Å²) >= 11 is 0. The molecule has 0 spiro atoms. The number of anilines is 1. The largest absolute Gasteiger partial charge is 0.479 e. The Hall–Kier alpha value is -3.17. The third-order valence-electron chi connectivity index (χ3n) is 6.55. The molecule has 0 saturated heterocycles. The van der Waals surface area contributed by atoms with Gasteiger partial charge in [0.1, 0.15) is 0 Å². The maximum absolute atomic E-state index is 13.0. The van der Waals surface area contributed by atoms with Crippen molar-refractivity contribution >= 4 is 21.7 Å².